The molecule has 20 heavy (non-hydrogen) atoms. The second-order valence-electron chi connectivity index (χ2n) is 6.04. The molecule has 0 heterocycles. The monoisotopic (exact) mass is 271 g/mol. The van der Waals surface area contributed by atoms with Gasteiger partial charge < -0.3 is 0 Å². The van der Waals surface area contributed by atoms with Gasteiger partial charge in [-0.2, -0.15) is 0 Å². The number of hydrogen-bond donors (Lipinski definition) is 0. The minimum absolute atomic E-state index is 0.588. The number of hydrogen-bond acceptors (Lipinski definition) is 1. The van der Waals surface area contributed by atoms with Crippen LogP contribution in [0, 0.1) is 0 Å². The first kappa shape index (κ1) is 15.3. The third-order valence-corrected chi connectivity index (χ3v) is 4.29. The van der Waals surface area contributed by atoms with Gasteiger partial charge >= 0.3 is 0 Å². The fourth-order valence-corrected chi connectivity index (χ4v) is 3.06. The molecule has 2 rings (SSSR count). The normalized spacial score (nSPS) is 17.4. The molecule has 0 radical (unpaired) electrons. The second-order valence-corrected chi connectivity index (χ2v) is 6.04. The lowest BCUT2D eigenvalue weighted by Crippen LogP contribution is -2.13. The summed E-state index contributed by atoms with van der Waals surface area (Å²) < 4.78 is 0. The van der Waals surface area contributed by atoms with Crippen LogP contribution in [-0.2, 0) is 0 Å². The van der Waals surface area contributed by atoms with E-state index in [2.05, 4.69) is 37.3 Å². The van der Waals surface area contributed by atoms with E-state index in [9.17, 15) is 0 Å². The van der Waals surface area contributed by atoms with Crippen molar-refractivity contribution >= 4 is 5.71 Å². The average molecular weight is 271 g/mol. The van der Waals surface area contributed by atoms with E-state index in [4.69, 9.17) is 4.99 Å². The van der Waals surface area contributed by atoms with E-state index in [-0.39, 0.29) is 0 Å². The highest BCUT2D eigenvalue weighted by atomic mass is 14.8. The molecule has 0 spiro atoms. The molecule has 1 fully saturated rings. The van der Waals surface area contributed by atoms with Crippen molar-refractivity contribution in [2.75, 3.05) is 0 Å². The summed E-state index contributed by atoms with van der Waals surface area (Å²) in [6, 6.07) is 11.4. The predicted octanol–water partition coefficient (Wildman–Crippen LogP) is 5.78. The van der Waals surface area contributed by atoms with Gasteiger partial charge in [-0.05, 0) is 31.2 Å². The van der Waals surface area contributed by atoms with Crippen LogP contribution in [0.1, 0.15) is 76.7 Å². The zero-order chi connectivity index (χ0) is 14.0. The van der Waals surface area contributed by atoms with E-state index in [1.54, 1.807) is 0 Å². The van der Waals surface area contributed by atoms with E-state index in [1.807, 2.05) is 0 Å². The molecule has 110 valence electrons. The molecule has 0 saturated heterocycles. The summed E-state index contributed by atoms with van der Waals surface area (Å²) in [4.78, 5) is 5.12. The maximum atomic E-state index is 5.12. The molecule has 1 nitrogen and oxygen atoms in total. The van der Waals surface area contributed by atoms with E-state index in [0.29, 0.717) is 6.04 Å². The highest BCUT2D eigenvalue weighted by Gasteiger charge is 2.13. The number of aliphatic imine (C=N–C) groups is 1. The number of rotatable bonds is 7. The molecular formula is C19H29N. The number of unbranched alkanes of at least 4 members (excludes halogenated alkanes) is 3. The van der Waals surface area contributed by atoms with E-state index in [1.165, 1.54) is 69.1 Å². The van der Waals surface area contributed by atoms with Gasteiger partial charge in [0.15, 0.2) is 0 Å². The predicted molar refractivity (Wildman–Crippen MR) is 88.6 cm³/mol. The fraction of sp³-hybridized carbons (Fsp3) is 0.632. The number of nitrogens with zero attached hydrogens (tertiary/aromatic N) is 1. The fourth-order valence-electron chi connectivity index (χ4n) is 3.06. The maximum absolute atomic E-state index is 5.12. The summed E-state index contributed by atoms with van der Waals surface area (Å²) in [5, 5.41) is 0. The van der Waals surface area contributed by atoms with Crippen LogP contribution in [0.15, 0.2) is 35.3 Å². The lowest BCUT2D eigenvalue weighted by Gasteiger charge is -2.19. The molecular weight excluding hydrogens is 242 g/mol. The molecule has 0 N–H and O–H groups in total. The Bertz CT molecular complexity index is 387. The lowest BCUT2D eigenvalue weighted by atomic mass is 9.95. The summed E-state index contributed by atoms with van der Waals surface area (Å²) >= 11 is 0. The molecule has 1 saturated carbocycles. The van der Waals surface area contributed by atoms with Gasteiger partial charge in [0, 0.05) is 5.71 Å². The van der Waals surface area contributed by atoms with Crippen LogP contribution in [-0.4, -0.2) is 11.8 Å². The van der Waals surface area contributed by atoms with Crippen molar-refractivity contribution in [1.82, 2.24) is 0 Å². The largest absolute Gasteiger partial charge is 0.286 e. The Morgan fingerprint density at radius 2 is 1.75 bits per heavy atom. The molecule has 0 amide bonds. The molecule has 1 aromatic carbocycles. The van der Waals surface area contributed by atoms with Crippen LogP contribution < -0.4 is 0 Å². The Kier molecular flexibility index (Phi) is 6.83. The highest BCUT2D eigenvalue weighted by molar-refractivity contribution is 6.00. The zero-order valence-corrected chi connectivity index (χ0v) is 13.0. The van der Waals surface area contributed by atoms with Gasteiger partial charge in [-0.25, -0.2) is 0 Å². The molecule has 1 heteroatoms. The molecule has 0 bridgehead atoms. The van der Waals surface area contributed by atoms with Crippen LogP contribution in [0.4, 0.5) is 0 Å². The first-order chi connectivity index (χ1) is 9.90. The number of benzene rings is 1. The Morgan fingerprint density at radius 1 is 1.00 bits per heavy atom. The van der Waals surface area contributed by atoms with Crippen molar-refractivity contribution in [3.05, 3.63) is 35.9 Å². The molecule has 1 aliphatic carbocycles. The molecule has 0 unspecified atom stereocenters. The van der Waals surface area contributed by atoms with Crippen molar-refractivity contribution in [2.24, 2.45) is 4.99 Å². The van der Waals surface area contributed by atoms with Gasteiger partial charge in [-0.15, -0.1) is 0 Å². The molecule has 1 aliphatic rings. The molecule has 1 aromatic rings. The van der Waals surface area contributed by atoms with Gasteiger partial charge in [0.05, 0.1) is 6.04 Å². The minimum atomic E-state index is 0.588. The van der Waals surface area contributed by atoms with Crippen molar-refractivity contribution in [1.29, 1.82) is 0 Å². The zero-order valence-electron chi connectivity index (χ0n) is 13.0. The Hall–Kier alpha value is -1.11. The Balaban J connectivity index is 2.01. The van der Waals surface area contributed by atoms with Gasteiger partial charge in [0.2, 0.25) is 0 Å². The summed E-state index contributed by atoms with van der Waals surface area (Å²) in [6.07, 6.45) is 13.2. The quantitative estimate of drug-likeness (QED) is 0.440. The SMILES string of the molecule is CCCCCCC(=NC1CCCCC1)c1ccccc1. The summed E-state index contributed by atoms with van der Waals surface area (Å²) in [5.41, 5.74) is 2.70. The summed E-state index contributed by atoms with van der Waals surface area (Å²) in [7, 11) is 0. The summed E-state index contributed by atoms with van der Waals surface area (Å²) in [5.74, 6) is 0. The van der Waals surface area contributed by atoms with E-state index < -0.39 is 0 Å². The van der Waals surface area contributed by atoms with Gasteiger partial charge in [0.1, 0.15) is 0 Å². The van der Waals surface area contributed by atoms with Crippen LogP contribution in [0.25, 0.3) is 0 Å². The molecule has 0 aliphatic heterocycles. The van der Waals surface area contributed by atoms with Crippen molar-refractivity contribution < 1.29 is 0 Å². The van der Waals surface area contributed by atoms with Gasteiger partial charge in [-0.1, -0.05) is 75.8 Å². The standard InChI is InChI=1S/C19H29N/c1-2-3-4-11-16-19(17-12-7-5-8-13-17)20-18-14-9-6-10-15-18/h5,7-8,12-13,18H,2-4,6,9-11,14-16H2,1H3. The van der Waals surface area contributed by atoms with Crippen LogP contribution in [0.3, 0.4) is 0 Å². The topological polar surface area (TPSA) is 12.4 Å². The van der Waals surface area contributed by atoms with E-state index >= 15 is 0 Å². The molecule has 0 aromatic heterocycles. The van der Waals surface area contributed by atoms with Gasteiger partial charge in [-0.3, -0.25) is 4.99 Å². The third-order valence-electron chi connectivity index (χ3n) is 4.29. The second kappa shape index (κ2) is 8.94. The Labute approximate surface area is 124 Å². The van der Waals surface area contributed by atoms with Crippen LogP contribution in [0.5, 0.6) is 0 Å². The van der Waals surface area contributed by atoms with Crippen molar-refractivity contribution in [2.45, 2.75) is 77.2 Å². The first-order valence-electron chi connectivity index (χ1n) is 8.52. The van der Waals surface area contributed by atoms with Crippen LogP contribution >= 0.6 is 0 Å². The maximum Gasteiger partial charge on any atom is 0.0503 e. The smallest absolute Gasteiger partial charge is 0.0503 e. The first-order valence-corrected chi connectivity index (χ1v) is 8.52. The Morgan fingerprint density at radius 3 is 2.45 bits per heavy atom. The highest BCUT2D eigenvalue weighted by Crippen LogP contribution is 2.22. The third kappa shape index (κ3) is 5.11. The van der Waals surface area contributed by atoms with Crippen molar-refractivity contribution in [3.63, 3.8) is 0 Å². The van der Waals surface area contributed by atoms with Crippen molar-refractivity contribution in [3.8, 4) is 0 Å². The lowest BCUT2D eigenvalue weighted by molar-refractivity contribution is 0.443. The minimum Gasteiger partial charge on any atom is -0.286 e. The summed E-state index contributed by atoms with van der Waals surface area (Å²) in [6.45, 7) is 2.27. The molecule has 0 atom stereocenters. The average Bonchev–Trinajstić information content (AvgIpc) is 2.52. The van der Waals surface area contributed by atoms with E-state index in [0.717, 1.165) is 6.42 Å². The van der Waals surface area contributed by atoms with Gasteiger partial charge in [0.25, 0.3) is 0 Å². The van der Waals surface area contributed by atoms with Crippen LogP contribution in [0.2, 0.25) is 0 Å².